The SMILES string of the molecule is CN(C)C1(c2cc(-c3ccc(S(=O)(=O)C4CCC(Nc5ccc(C(F)(F)F)cn5)CC4)cc3)ccn2)COC1. The number of ether oxygens (including phenoxy) is 1. The monoisotopic (exact) mass is 560 g/mol. The Morgan fingerprint density at radius 3 is 2.18 bits per heavy atom. The van der Waals surface area contributed by atoms with Crippen LogP contribution in [0.1, 0.15) is 36.9 Å². The van der Waals surface area contributed by atoms with Crippen molar-refractivity contribution in [3.05, 3.63) is 72.2 Å². The summed E-state index contributed by atoms with van der Waals surface area (Å²) in [4.78, 5) is 10.8. The van der Waals surface area contributed by atoms with Gasteiger partial charge in [-0.3, -0.25) is 9.88 Å². The molecule has 0 radical (unpaired) electrons. The van der Waals surface area contributed by atoms with Crippen molar-refractivity contribution in [2.24, 2.45) is 0 Å². The number of hydrogen-bond donors (Lipinski definition) is 1. The van der Waals surface area contributed by atoms with Gasteiger partial charge in [0.2, 0.25) is 0 Å². The van der Waals surface area contributed by atoms with Gasteiger partial charge in [-0.05, 0) is 87.3 Å². The fourth-order valence-corrected chi connectivity index (χ4v) is 6.99. The maximum absolute atomic E-state index is 13.4. The maximum atomic E-state index is 13.4. The molecular formula is C28H31F3N4O3S. The third-order valence-corrected chi connectivity index (χ3v) is 10.1. The van der Waals surface area contributed by atoms with Gasteiger partial charge in [-0.2, -0.15) is 13.2 Å². The van der Waals surface area contributed by atoms with E-state index in [0.29, 0.717) is 49.6 Å². The summed E-state index contributed by atoms with van der Waals surface area (Å²) in [6.07, 6.45) is 0.236. The van der Waals surface area contributed by atoms with Crippen molar-refractivity contribution in [2.45, 2.75) is 53.6 Å². The fourth-order valence-electron chi connectivity index (χ4n) is 5.20. The third kappa shape index (κ3) is 5.53. The number of hydrogen-bond acceptors (Lipinski definition) is 7. The number of pyridine rings is 2. The zero-order valence-electron chi connectivity index (χ0n) is 21.8. The standard InChI is InChI=1S/C28H31F3N4O3S/c1-35(2)27(17-38-18-27)25-15-20(13-14-32-25)19-3-8-23(9-4-19)39(36,37)24-10-6-22(7-11-24)34-26-12-5-21(16-33-26)28(29,30)31/h3-5,8-9,12-16,22,24H,6-7,10-11,17-18H2,1-2H3,(H,33,34). The van der Waals surface area contributed by atoms with E-state index in [2.05, 4.69) is 20.2 Å². The lowest BCUT2D eigenvalue weighted by Crippen LogP contribution is -2.57. The summed E-state index contributed by atoms with van der Waals surface area (Å²) < 4.78 is 70.5. The number of sulfone groups is 1. The molecule has 0 amide bonds. The molecular weight excluding hydrogens is 529 g/mol. The fraction of sp³-hybridized carbons (Fsp3) is 0.429. The number of rotatable bonds is 7. The van der Waals surface area contributed by atoms with E-state index in [0.717, 1.165) is 29.1 Å². The van der Waals surface area contributed by atoms with Crippen LogP contribution in [-0.4, -0.2) is 61.9 Å². The number of likely N-dealkylation sites (N-methyl/N-ethyl adjacent to an activating group) is 1. The molecule has 0 bridgehead atoms. The summed E-state index contributed by atoms with van der Waals surface area (Å²) in [5.74, 6) is 0.352. The molecule has 0 unspecified atom stereocenters. The first-order valence-electron chi connectivity index (χ1n) is 12.8. The summed E-state index contributed by atoms with van der Waals surface area (Å²) in [7, 11) is 0.491. The Bertz CT molecular complexity index is 1400. The van der Waals surface area contributed by atoms with Gasteiger partial charge >= 0.3 is 6.18 Å². The predicted octanol–water partition coefficient (Wildman–Crippen LogP) is 5.15. The van der Waals surface area contributed by atoms with Crippen molar-refractivity contribution in [3.8, 4) is 11.1 Å². The molecule has 0 spiro atoms. The highest BCUT2D eigenvalue weighted by molar-refractivity contribution is 7.92. The number of anilines is 1. The van der Waals surface area contributed by atoms with Gasteiger partial charge < -0.3 is 10.1 Å². The second kappa shape index (κ2) is 10.5. The molecule has 208 valence electrons. The zero-order chi connectivity index (χ0) is 27.8. The lowest BCUT2D eigenvalue weighted by Gasteiger charge is -2.46. The quantitative estimate of drug-likeness (QED) is 0.428. The van der Waals surface area contributed by atoms with Crippen molar-refractivity contribution in [1.82, 2.24) is 14.9 Å². The average Bonchev–Trinajstić information content (AvgIpc) is 2.88. The first-order chi connectivity index (χ1) is 18.5. The molecule has 1 saturated carbocycles. The second-order valence-corrected chi connectivity index (χ2v) is 12.7. The van der Waals surface area contributed by atoms with Crippen LogP contribution in [0.5, 0.6) is 0 Å². The maximum Gasteiger partial charge on any atom is 0.417 e. The molecule has 39 heavy (non-hydrogen) atoms. The number of alkyl halides is 3. The van der Waals surface area contributed by atoms with E-state index in [1.165, 1.54) is 6.07 Å². The van der Waals surface area contributed by atoms with E-state index in [1.807, 2.05) is 38.4 Å². The minimum absolute atomic E-state index is 0.0459. The Balaban J connectivity index is 1.22. The Morgan fingerprint density at radius 2 is 1.64 bits per heavy atom. The molecule has 2 aliphatic rings. The first kappa shape index (κ1) is 27.5. The van der Waals surface area contributed by atoms with E-state index in [1.54, 1.807) is 18.3 Å². The smallest absolute Gasteiger partial charge is 0.377 e. The van der Waals surface area contributed by atoms with Crippen LogP contribution in [0, 0.1) is 0 Å². The average molecular weight is 561 g/mol. The van der Waals surface area contributed by atoms with Gasteiger partial charge in [-0.25, -0.2) is 13.4 Å². The summed E-state index contributed by atoms with van der Waals surface area (Å²) in [6, 6.07) is 13.2. The van der Waals surface area contributed by atoms with Gasteiger partial charge in [-0.1, -0.05) is 12.1 Å². The summed E-state index contributed by atoms with van der Waals surface area (Å²) in [6.45, 7) is 1.15. The number of benzene rings is 1. The summed E-state index contributed by atoms with van der Waals surface area (Å²) in [5, 5.41) is 2.63. The van der Waals surface area contributed by atoms with Crippen LogP contribution in [0.25, 0.3) is 11.1 Å². The highest BCUT2D eigenvalue weighted by Crippen LogP contribution is 2.36. The molecule has 1 N–H and O–H groups in total. The molecule has 3 heterocycles. The molecule has 7 nitrogen and oxygen atoms in total. The minimum atomic E-state index is -4.43. The van der Waals surface area contributed by atoms with Crippen LogP contribution < -0.4 is 5.32 Å². The second-order valence-electron chi connectivity index (χ2n) is 10.5. The first-order valence-corrected chi connectivity index (χ1v) is 14.4. The largest absolute Gasteiger partial charge is 0.417 e. The molecule has 2 aromatic heterocycles. The Kier molecular flexibility index (Phi) is 7.43. The highest BCUT2D eigenvalue weighted by Gasteiger charge is 2.44. The van der Waals surface area contributed by atoms with E-state index in [-0.39, 0.29) is 11.6 Å². The molecule has 3 aromatic rings. The number of nitrogens with zero attached hydrogens (tertiary/aromatic N) is 3. The van der Waals surface area contributed by atoms with Gasteiger partial charge in [0.1, 0.15) is 11.4 Å². The zero-order valence-corrected chi connectivity index (χ0v) is 22.6. The highest BCUT2D eigenvalue weighted by atomic mass is 32.2. The number of aromatic nitrogens is 2. The van der Waals surface area contributed by atoms with Gasteiger partial charge in [0.25, 0.3) is 0 Å². The Morgan fingerprint density at radius 1 is 0.949 bits per heavy atom. The number of halogens is 3. The lowest BCUT2D eigenvalue weighted by atomic mass is 9.89. The van der Waals surface area contributed by atoms with E-state index in [4.69, 9.17) is 4.74 Å². The van der Waals surface area contributed by atoms with E-state index in [9.17, 15) is 21.6 Å². The Hall–Kier alpha value is -3.02. The molecule has 1 aliphatic carbocycles. The minimum Gasteiger partial charge on any atom is -0.377 e. The summed E-state index contributed by atoms with van der Waals surface area (Å²) in [5.41, 5.74) is 1.73. The molecule has 0 atom stereocenters. The van der Waals surface area contributed by atoms with Crippen molar-refractivity contribution in [1.29, 1.82) is 0 Å². The topological polar surface area (TPSA) is 84.4 Å². The van der Waals surface area contributed by atoms with Crippen LogP contribution in [0.2, 0.25) is 0 Å². The molecule has 2 fully saturated rings. The van der Waals surface area contributed by atoms with Gasteiger partial charge in [0.15, 0.2) is 9.84 Å². The van der Waals surface area contributed by atoms with Crippen molar-refractivity contribution in [3.63, 3.8) is 0 Å². The third-order valence-electron chi connectivity index (χ3n) is 7.85. The normalized spacial score (nSPS) is 21.4. The molecule has 5 rings (SSSR count). The molecule has 11 heteroatoms. The lowest BCUT2D eigenvalue weighted by molar-refractivity contribution is -0.137. The summed E-state index contributed by atoms with van der Waals surface area (Å²) >= 11 is 0. The van der Waals surface area contributed by atoms with Crippen LogP contribution >= 0.6 is 0 Å². The molecule has 1 aliphatic heterocycles. The van der Waals surface area contributed by atoms with Crippen molar-refractivity contribution < 1.29 is 26.3 Å². The van der Waals surface area contributed by atoms with Crippen LogP contribution in [-0.2, 0) is 26.3 Å². The van der Waals surface area contributed by atoms with Crippen LogP contribution in [0.15, 0.2) is 65.8 Å². The van der Waals surface area contributed by atoms with Gasteiger partial charge in [0.05, 0.1) is 34.6 Å². The van der Waals surface area contributed by atoms with Crippen LogP contribution in [0.3, 0.4) is 0 Å². The van der Waals surface area contributed by atoms with Crippen LogP contribution in [0.4, 0.5) is 19.0 Å². The molecule has 1 aromatic carbocycles. The van der Waals surface area contributed by atoms with Gasteiger partial charge in [0, 0.05) is 18.4 Å². The molecule has 1 saturated heterocycles. The van der Waals surface area contributed by atoms with Gasteiger partial charge in [-0.15, -0.1) is 0 Å². The van der Waals surface area contributed by atoms with Crippen molar-refractivity contribution in [2.75, 3.05) is 32.6 Å². The predicted molar refractivity (Wildman–Crippen MR) is 142 cm³/mol. The van der Waals surface area contributed by atoms with E-state index < -0.39 is 26.8 Å². The van der Waals surface area contributed by atoms with E-state index >= 15 is 0 Å². The Labute approximate surface area is 226 Å². The number of nitrogens with one attached hydrogen (secondary N) is 1. The van der Waals surface area contributed by atoms with Crippen molar-refractivity contribution >= 4 is 15.7 Å².